The quantitative estimate of drug-likeness (QED) is 0.695. The minimum Gasteiger partial charge on any atom is -0.395 e. The van der Waals surface area contributed by atoms with E-state index in [1.807, 2.05) is 13.8 Å². The minimum atomic E-state index is -3.30. The molecule has 0 spiro atoms. The van der Waals surface area contributed by atoms with Gasteiger partial charge in [0.25, 0.3) is 0 Å². The number of nitrogens with zero attached hydrogens (tertiary/aromatic N) is 1. The van der Waals surface area contributed by atoms with Crippen LogP contribution in [0.3, 0.4) is 0 Å². The molecule has 1 aliphatic rings. The zero-order valence-corrected chi connectivity index (χ0v) is 9.38. The molecule has 0 amide bonds. The maximum atomic E-state index is 11.6. The number of ether oxygens (including phenoxy) is 1. The Bertz CT molecular complexity index is 286. The normalized spacial score (nSPS) is 23.6. The second-order valence-corrected chi connectivity index (χ2v) is 6.07. The Labute approximate surface area is 84.7 Å². The van der Waals surface area contributed by atoms with Crippen molar-refractivity contribution in [3.63, 3.8) is 0 Å². The molecule has 1 saturated heterocycles. The predicted molar refractivity (Wildman–Crippen MR) is 52.5 cm³/mol. The molecule has 84 valence electrons. The highest BCUT2D eigenvalue weighted by molar-refractivity contribution is 7.89. The standard InChI is InChI=1S/C8H17NO4S/c1-8(2)7-9(3-5-13-8)14(11,12)6-4-10/h10H,3-7H2,1-2H3. The molecule has 5 nitrogen and oxygen atoms in total. The Balaban J connectivity index is 2.69. The highest BCUT2D eigenvalue weighted by Gasteiger charge is 2.33. The molecular weight excluding hydrogens is 206 g/mol. The number of aliphatic hydroxyl groups excluding tert-OH is 1. The number of aliphatic hydroxyl groups is 1. The summed E-state index contributed by atoms with van der Waals surface area (Å²) in [4.78, 5) is 0. The topological polar surface area (TPSA) is 66.8 Å². The summed E-state index contributed by atoms with van der Waals surface area (Å²) in [5, 5.41) is 8.63. The lowest BCUT2D eigenvalue weighted by Crippen LogP contribution is -2.51. The number of morpholine rings is 1. The van der Waals surface area contributed by atoms with Gasteiger partial charge < -0.3 is 9.84 Å². The van der Waals surface area contributed by atoms with Crippen LogP contribution < -0.4 is 0 Å². The number of hydrogen-bond acceptors (Lipinski definition) is 4. The smallest absolute Gasteiger partial charge is 0.216 e. The van der Waals surface area contributed by atoms with Crippen molar-refractivity contribution in [3.05, 3.63) is 0 Å². The van der Waals surface area contributed by atoms with E-state index in [1.54, 1.807) is 0 Å². The molecule has 1 aliphatic heterocycles. The predicted octanol–water partition coefficient (Wildman–Crippen LogP) is -0.581. The first kappa shape index (κ1) is 11.9. The molecule has 0 saturated carbocycles. The molecule has 0 aromatic rings. The van der Waals surface area contributed by atoms with E-state index in [1.165, 1.54) is 4.31 Å². The summed E-state index contributed by atoms with van der Waals surface area (Å²) in [7, 11) is -3.30. The van der Waals surface area contributed by atoms with Gasteiger partial charge >= 0.3 is 0 Å². The van der Waals surface area contributed by atoms with Crippen molar-refractivity contribution in [1.82, 2.24) is 4.31 Å². The van der Waals surface area contributed by atoms with Gasteiger partial charge in [0.15, 0.2) is 0 Å². The van der Waals surface area contributed by atoms with E-state index in [-0.39, 0.29) is 12.4 Å². The van der Waals surface area contributed by atoms with Crippen molar-refractivity contribution in [2.24, 2.45) is 0 Å². The van der Waals surface area contributed by atoms with E-state index in [0.29, 0.717) is 19.7 Å². The molecule has 0 atom stereocenters. The lowest BCUT2D eigenvalue weighted by atomic mass is 10.1. The summed E-state index contributed by atoms with van der Waals surface area (Å²) in [6.07, 6.45) is 0. The summed E-state index contributed by atoms with van der Waals surface area (Å²) in [6.45, 7) is 4.53. The zero-order valence-electron chi connectivity index (χ0n) is 8.56. The fourth-order valence-corrected chi connectivity index (χ4v) is 2.80. The van der Waals surface area contributed by atoms with Crippen LogP contribution in [-0.2, 0) is 14.8 Å². The van der Waals surface area contributed by atoms with E-state index in [2.05, 4.69) is 0 Å². The molecule has 6 heteroatoms. The number of rotatable bonds is 3. The summed E-state index contributed by atoms with van der Waals surface area (Å²) < 4.78 is 29.9. The molecule has 1 fully saturated rings. The Morgan fingerprint density at radius 3 is 2.64 bits per heavy atom. The van der Waals surface area contributed by atoms with E-state index < -0.39 is 15.6 Å². The van der Waals surface area contributed by atoms with Crippen molar-refractivity contribution in [2.75, 3.05) is 32.1 Å². The molecule has 0 aromatic heterocycles. The van der Waals surface area contributed by atoms with Crippen molar-refractivity contribution < 1.29 is 18.3 Å². The third kappa shape index (κ3) is 2.91. The fourth-order valence-electron chi connectivity index (χ4n) is 1.46. The van der Waals surface area contributed by atoms with Crippen LogP contribution >= 0.6 is 0 Å². The molecule has 0 aromatic carbocycles. The Morgan fingerprint density at radius 2 is 2.14 bits per heavy atom. The van der Waals surface area contributed by atoms with Gasteiger partial charge in [-0.1, -0.05) is 0 Å². The fraction of sp³-hybridized carbons (Fsp3) is 1.00. The molecular formula is C8H17NO4S. The lowest BCUT2D eigenvalue weighted by molar-refractivity contribution is -0.0640. The first-order chi connectivity index (χ1) is 6.37. The van der Waals surface area contributed by atoms with Crippen LogP contribution in [-0.4, -0.2) is 55.5 Å². The van der Waals surface area contributed by atoms with Crippen LogP contribution in [0.25, 0.3) is 0 Å². The molecule has 1 rings (SSSR count). The first-order valence-corrected chi connectivity index (χ1v) is 6.21. The second kappa shape index (κ2) is 4.14. The maximum absolute atomic E-state index is 11.6. The third-order valence-corrected chi connectivity index (χ3v) is 3.93. The van der Waals surface area contributed by atoms with Gasteiger partial charge in [-0.3, -0.25) is 0 Å². The van der Waals surface area contributed by atoms with E-state index in [4.69, 9.17) is 9.84 Å². The van der Waals surface area contributed by atoms with Gasteiger partial charge in [-0.15, -0.1) is 0 Å². The van der Waals surface area contributed by atoms with Gasteiger partial charge in [0.05, 0.1) is 24.6 Å². The van der Waals surface area contributed by atoms with Gasteiger partial charge in [-0.2, -0.15) is 4.31 Å². The van der Waals surface area contributed by atoms with Gasteiger partial charge in [0, 0.05) is 13.1 Å². The molecule has 0 radical (unpaired) electrons. The van der Waals surface area contributed by atoms with Crippen LogP contribution in [0.5, 0.6) is 0 Å². The van der Waals surface area contributed by atoms with Crippen molar-refractivity contribution in [2.45, 2.75) is 19.4 Å². The van der Waals surface area contributed by atoms with Crippen LogP contribution in [0, 0.1) is 0 Å². The minimum absolute atomic E-state index is 0.205. The first-order valence-electron chi connectivity index (χ1n) is 4.60. The van der Waals surface area contributed by atoms with Crippen molar-refractivity contribution >= 4 is 10.0 Å². The second-order valence-electron chi connectivity index (χ2n) is 3.98. The molecule has 14 heavy (non-hydrogen) atoms. The zero-order chi connectivity index (χ0) is 10.8. The summed E-state index contributed by atoms with van der Waals surface area (Å²) in [5.41, 5.74) is -0.430. The van der Waals surface area contributed by atoms with Gasteiger partial charge in [-0.25, -0.2) is 8.42 Å². The van der Waals surface area contributed by atoms with Crippen molar-refractivity contribution in [1.29, 1.82) is 0 Å². The van der Waals surface area contributed by atoms with Crippen LogP contribution in [0.2, 0.25) is 0 Å². The Morgan fingerprint density at radius 1 is 1.50 bits per heavy atom. The average molecular weight is 223 g/mol. The largest absolute Gasteiger partial charge is 0.395 e. The van der Waals surface area contributed by atoms with Gasteiger partial charge in [0.1, 0.15) is 0 Å². The average Bonchev–Trinajstić information content (AvgIpc) is 2.02. The lowest BCUT2D eigenvalue weighted by Gasteiger charge is -2.37. The molecule has 1 heterocycles. The van der Waals surface area contributed by atoms with Gasteiger partial charge in [-0.05, 0) is 13.8 Å². The molecule has 0 unspecified atom stereocenters. The third-order valence-electron chi connectivity index (χ3n) is 2.13. The Kier molecular flexibility index (Phi) is 3.52. The van der Waals surface area contributed by atoms with Crippen molar-refractivity contribution in [3.8, 4) is 0 Å². The molecule has 0 aliphatic carbocycles. The highest BCUT2D eigenvalue weighted by atomic mass is 32.2. The van der Waals surface area contributed by atoms with E-state index in [9.17, 15) is 8.42 Å². The highest BCUT2D eigenvalue weighted by Crippen LogP contribution is 2.18. The Hall–Kier alpha value is -0.170. The molecule has 0 bridgehead atoms. The van der Waals surface area contributed by atoms with Gasteiger partial charge in [0.2, 0.25) is 10.0 Å². The van der Waals surface area contributed by atoms with Crippen LogP contribution in [0.4, 0.5) is 0 Å². The number of hydrogen-bond donors (Lipinski definition) is 1. The van der Waals surface area contributed by atoms with Crippen LogP contribution in [0.15, 0.2) is 0 Å². The SMILES string of the molecule is CC1(C)CN(S(=O)(=O)CCO)CCO1. The van der Waals surface area contributed by atoms with Crippen LogP contribution in [0.1, 0.15) is 13.8 Å². The summed E-state index contributed by atoms with van der Waals surface area (Å²) in [5.74, 6) is -0.205. The molecule has 1 N–H and O–H groups in total. The maximum Gasteiger partial charge on any atom is 0.216 e. The van der Waals surface area contributed by atoms with E-state index >= 15 is 0 Å². The monoisotopic (exact) mass is 223 g/mol. The number of sulfonamides is 1. The van der Waals surface area contributed by atoms with E-state index in [0.717, 1.165) is 0 Å². The summed E-state index contributed by atoms with van der Waals surface area (Å²) >= 11 is 0. The summed E-state index contributed by atoms with van der Waals surface area (Å²) in [6, 6.07) is 0.